The van der Waals surface area contributed by atoms with E-state index in [2.05, 4.69) is 9.73 Å². The number of ether oxygens (including phenoxy) is 2. The van der Waals surface area contributed by atoms with Gasteiger partial charge in [0.15, 0.2) is 11.5 Å². The van der Waals surface area contributed by atoms with Crippen LogP contribution in [0.1, 0.15) is 12.0 Å². The first kappa shape index (κ1) is 17.3. The normalized spacial score (nSPS) is 21.3. The molecule has 0 bridgehead atoms. The van der Waals surface area contributed by atoms with Crippen LogP contribution in [0.2, 0.25) is 0 Å². The molecule has 0 radical (unpaired) electrons. The van der Waals surface area contributed by atoms with Crippen molar-refractivity contribution in [3.05, 3.63) is 48.0 Å². The lowest BCUT2D eigenvalue weighted by Crippen LogP contribution is -2.42. The fourth-order valence-electron chi connectivity index (χ4n) is 3.49. The van der Waals surface area contributed by atoms with Crippen LogP contribution in [-0.4, -0.2) is 37.0 Å². The van der Waals surface area contributed by atoms with Gasteiger partial charge in [0.25, 0.3) is 5.91 Å². The van der Waals surface area contributed by atoms with E-state index in [1.807, 2.05) is 0 Å². The molecule has 2 aromatic carbocycles. The Kier molecular flexibility index (Phi) is 3.98. The number of guanidine groups is 1. The first-order chi connectivity index (χ1) is 12.9. The zero-order chi connectivity index (χ0) is 19.2. The maximum Gasteiger partial charge on any atom is 0.387 e. The average molecular weight is 373 g/mol. The Morgan fingerprint density at radius 1 is 1.26 bits per heavy atom. The number of nitrogens with zero attached hydrogens (tertiary/aromatic N) is 2. The Bertz CT molecular complexity index is 948. The van der Waals surface area contributed by atoms with Crippen LogP contribution in [0.5, 0.6) is 11.5 Å². The van der Waals surface area contributed by atoms with Crippen molar-refractivity contribution >= 4 is 11.9 Å². The second kappa shape index (κ2) is 6.22. The summed E-state index contributed by atoms with van der Waals surface area (Å²) < 4.78 is 35.1. The predicted molar refractivity (Wildman–Crippen MR) is 94.7 cm³/mol. The molecule has 2 aliphatic heterocycles. The van der Waals surface area contributed by atoms with Gasteiger partial charge >= 0.3 is 6.61 Å². The van der Waals surface area contributed by atoms with Crippen molar-refractivity contribution < 1.29 is 23.0 Å². The number of rotatable bonds is 3. The topological polar surface area (TPSA) is 77.2 Å². The number of benzene rings is 2. The van der Waals surface area contributed by atoms with E-state index in [0.29, 0.717) is 29.9 Å². The number of aliphatic imine (C=N–C) groups is 1. The van der Waals surface area contributed by atoms with Gasteiger partial charge in [-0.3, -0.25) is 9.69 Å². The van der Waals surface area contributed by atoms with Gasteiger partial charge in [0, 0.05) is 19.0 Å². The third-order valence-electron chi connectivity index (χ3n) is 4.85. The first-order valence-corrected chi connectivity index (χ1v) is 8.37. The molecule has 4 rings (SSSR count). The summed E-state index contributed by atoms with van der Waals surface area (Å²) in [4.78, 5) is 18.6. The van der Waals surface area contributed by atoms with E-state index in [-0.39, 0.29) is 17.6 Å². The van der Waals surface area contributed by atoms with Gasteiger partial charge in [-0.1, -0.05) is 18.2 Å². The molecule has 0 aromatic heterocycles. The van der Waals surface area contributed by atoms with Crippen molar-refractivity contribution in [2.24, 2.45) is 10.7 Å². The van der Waals surface area contributed by atoms with Gasteiger partial charge in [0.05, 0.1) is 6.61 Å². The zero-order valence-corrected chi connectivity index (χ0v) is 14.5. The molecule has 0 saturated carbocycles. The highest BCUT2D eigenvalue weighted by molar-refractivity contribution is 6.07. The second-order valence-corrected chi connectivity index (χ2v) is 6.41. The minimum Gasteiger partial charge on any atom is -0.493 e. The highest BCUT2D eigenvalue weighted by atomic mass is 19.3. The molecule has 2 N–H and O–H groups in total. The van der Waals surface area contributed by atoms with E-state index < -0.39 is 12.2 Å². The minimum atomic E-state index is -2.90. The van der Waals surface area contributed by atoms with Gasteiger partial charge in [0.1, 0.15) is 11.5 Å². The number of likely N-dealkylation sites (N-methyl/N-ethyl adjacent to an activating group) is 1. The Labute approximate surface area is 154 Å². The van der Waals surface area contributed by atoms with Crippen molar-refractivity contribution in [3.63, 3.8) is 0 Å². The summed E-state index contributed by atoms with van der Waals surface area (Å²) in [7, 11) is 1.58. The number of hydrogen-bond acceptors (Lipinski definition) is 5. The van der Waals surface area contributed by atoms with Crippen LogP contribution in [-0.2, 0) is 10.3 Å². The number of halogens is 2. The van der Waals surface area contributed by atoms with Gasteiger partial charge in [-0.15, -0.1) is 0 Å². The summed E-state index contributed by atoms with van der Waals surface area (Å²) in [5.74, 6) is 0.567. The Morgan fingerprint density at radius 3 is 2.74 bits per heavy atom. The number of amides is 1. The number of fused-ring (bicyclic) bond motifs is 2. The summed E-state index contributed by atoms with van der Waals surface area (Å²) in [5.41, 5.74) is 6.78. The van der Waals surface area contributed by atoms with Crippen LogP contribution in [0, 0.1) is 0 Å². The summed E-state index contributed by atoms with van der Waals surface area (Å²) in [6.45, 7) is -2.55. The minimum absolute atomic E-state index is 0.0603. The predicted octanol–water partition coefficient (Wildman–Crippen LogP) is 2.72. The highest BCUT2D eigenvalue weighted by Gasteiger charge is 2.51. The lowest BCUT2D eigenvalue weighted by atomic mass is 9.83. The van der Waals surface area contributed by atoms with Gasteiger partial charge in [-0.25, -0.2) is 4.99 Å². The number of nitrogens with two attached hydrogens (primary N) is 1. The number of alkyl halides is 2. The standard InChI is InChI=1S/C19H17F2N3O3/c1-24-16(25)19(23-18(24)22)7-8-26-15-6-5-12(10-14(15)19)11-3-2-4-13(9-11)27-17(20)21/h2-6,9-10,17H,7-8H2,1H3,(H2,22,23)/t19-/m1/s1. The molecule has 1 spiro atoms. The smallest absolute Gasteiger partial charge is 0.387 e. The molecule has 0 aliphatic carbocycles. The van der Waals surface area contributed by atoms with Crippen molar-refractivity contribution in [1.82, 2.24) is 4.90 Å². The van der Waals surface area contributed by atoms with Crippen LogP contribution in [0.15, 0.2) is 47.5 Å². The quantitative estimate of drug-likeness (QED) is 0.898. The SMILES string of the molecule is CN1C(=O)[C@]2(CCOc3ccc(-c4cccc(OC(F)F)c4)cc32)N=C1N. The summed E-state index contributed by atoms with van der Waals surface area (Å²) in [6.07, 6.45) is 0.377. The Morgan fingerprint density at radius 2 is 2.04 bits per heavy atom. The maximum atomic E-state index is 12.9. The molecule has 1 atom stereocenters. The van der Waals surface area contributed by atoms with E-state index in [9.17, 15) is 13.6 Å². The van der Waals surface area contributed by atoms with Crippen LogP contribution in [0.3, 0.4) is 0 Å². The van der Waals surface area contributed by atoms with Crippen LogP contribution in [0.4, 0.5) is 8.78 Å². The van der Waals surface area contributed by atoms with E-state index in [1.54, 1.807) is 37.4 Å². The molecule has 0 fully saturated rings. The summed E-state index contributed by atoms with van der Waals surface area (Å²) in [6, 6.07) is 11.7. The van der Waals surface area contributed by atoms with Crippen molar-refractivity contribution in [3.8, 4) is 22.6 Å². The first-order valence-electron chi connectivity index (χ1n) is 8.37. The number of carbonyl (C=O) groups excluding carboxylic acids is 1. The molecule has 0 saturated heterocycles. The van der Waals surface area contributed by atoms with E-state index in [1.165, 1.54) is 17.0 Å². The molecule has 0 unspecified atom stereocenters. The molecule has 27 heavy (non-hydrogen) atoms. The van der Waals surface area contributed by atoms with E-state index in [4.69, 9.17) is 10.5 Å². The monoisotopic (exact) mass is 373 g/mol. The lowest BCUT2D eigenvalue weighted by molar-refractivity contribution is -0.131. The van der Waals surface area contributed by atoms with Gasteiger partial charge in [-0.2, -0.15) is 8.78 Å². The Hall–Kier alpha value is -3.16. The zero-order valence-electron chi connectivity index (χ0n) is 14.5. The number of carbonyl (C=O) groups is 1. The fraction of sp³-hybridized carbons (Fsp3) is 0.263. The molecule has 2 aliphatic rings. The van der Waals surface area contributed by atoms with E-state index >= 15 is 0 Å². The van der Waals surface area contributed by atoms with Crippen LogP contribution < -0.4 is 15.2 Å². The molecular weight excluding hydrogens is 356 g/mol. The largest absolute Gasteiger partial charge is 0.493 e. The third kappa shape index (κ3) is 2.77. The van der Waals surface area contributed by atoms with Gasteiger partial charge in [-0.05, 0) is 35.4 Å². The van der Waals surface area contributed by atoms with Gasteiger partial charge < -0.3 is 15.2 Å². The molecular formula is C19H17F2N3O3. The lowest BCUT2D eigenvalue weighted by Gasteiger charge is -2.32. The van der Waals surface area contributed by atoms with Crippen LogP contribution in [0.25, 0.3) is 11.1 Å². The average Bonchev–Trinajstić information content (AvgIpc) is 2.86. The molecule has 2 heterocycles. The maximum absolute atomic E-state index is 12.9. The molecule has 2 aromatic rings. The van der Waals surface area contributed by atoms with E-state index in [0.717, 1.165) is 5.56 Å². The molecule has 8 heteroatoms. The van der Waals surface area contributed by atoms with Gasteiger partial charge in [0.2, 0.25) is 0 Å². The number of hydrogen-bond donors (Lipinski definition) is 1. The molecule has 140 valence electrons. The second-order valence-electron chi connectivity index (χ2n) is 6.41. The fourth-order valence-corrected chi connectivity index (χ4v) is 3.49. The van der Waals surface area contributed by atoms with Crippen molar-refractivity contribution in [2.75, 3.05) is 13.7 Å². The summed E-state index contributed by atoms with van der Waals surface area (Å²) >= 11 is 0. The third-order valence-corrected chi connectivity index (χ3v) is 4.85. The molecule has 6 nitrogen and oxygen atoms in total. The molecule has 1 amide bonds. The van der Waals surface area contributed by atoms with Crippen molar-refractivity contribution in [1.29, 1.82) is 0 Å². The van der Waals surface area contributed by atoms with Crippen LogP contribution >= 0.6 is 0 Å². The van der Waals surface area contributed by atoms with Crippen molar-refractivity contribution in [2.45, 2.75) is 18.6 Å². The highest BCUT2D eigenvalue weighted by Crippen LogP contribution is 2.45. The summed E-state index contributed by atoms with van der Waals surface area (Å²) in [5, 5.41) is 0. The Balaban J connectivity index is 1.80.